The molecular formula is C12H24O. The van der Waals surface area contributed by atoms with Crippen molar-refractivity contribution in [3.05, 3.63) is 0 Å². The molecule has 1 saturated heterocycles. The molecule has 3 atom stereocenters. The van der Waals surface area contributed by atoms with E-state index in [2.05, 4.69) is 20.8 Å². The first kappa shape index (κ1) is 11.0. The second kappa shape index (κ2) is 5.64. The molecule has 2 aliphatic rings. The van der Waals surface area contributed by atoms with E-state index in [9.17, 15) is 0 Å². The van der Waals surface area contributed by atoms with E-state index in [1.807, 2.05) is 0 Å². The van der Waals surface area contributed by atoms with Crippen molar-refractivity contribution in [2.45, 2.75) is 71.5 Å². The smallest absolute Gasteiger partial charge is 0.0844 e. The molecule has 1 heterocycles. The molecule has 0 aromatic carbocycles. The number of fused-ring (bicyclic) bond motifs is 1. The molecule has 0 amide bonds. The molecule has 1 aliphatic carbocycles. The standard InChI is InChI=1S/C8H14O.C4H10/c1-2-6-3-4-7-8(5-6)9-7;1-3-4-2/h6-8H,2-5H2,1H3;3-4H2,1-2H3. The lowest BCUT2D eigenvalue weighted by atomic mass is 9.88. The highest BCUT2D eigenvalue weighted by atomic mass is 16.6. The predicted molar refractivity (Wildman–Crippen MR) is 56.9 cm³/mol. The largest absolute Gasteiger partial charge is 0.370 e. The number of unbranched alkanes of at least 4 members (excludes halogenated alkanes) is 1. The van der Waals surface area contributed by atoms with Crippen LogP contribution in [-0.4, -0.2) is 12.2 Å². The van der Waals surface area contributed by atoms with Crippen molar-refractivity contribution < 1.29 is 4.74 Å². The summed E-state index contributed by atoms with van der Waals surface area (Å²) in [4.78, 5) is 0. The first-order valence-electron chi connectivity index (χ1n) is 5.97. The first-order chi connectivity index (χ1) is 6.31. The van der Waals surface area contributed by atoms with Gasteiger partial charge < -0.3 is 4.74 Å². The third-order valence-corrected chi connectivity index (χ3v) is 3.19. The van der Waals surface area contributed by atoms with E-state index in [1.54, 1.807) is 0 Å². The Kier molecular flexibility index (Phi) is 4.79. The van der Waals surface area contributed by atoms with Crippen molar-refractivity contribution in [1.82, 2.24) is 0 Å². The van der Waals surface area contributed by atoms with Gasteiger partial charge in [0.15, 0.2) is 0 Å². The van der Waals surface area contributed by atoms with Crippen molar-refractivity contribution >= 4 is 0 Å². The third kappa shape index (κ3) is 3.68. The van der Waals surface area contributed by atoms with Gasteiger partial charge in [-0.15, -0.1) is 0 Å². The average Bonchev–Trinajstić information content (AvgIpc) is 2.95. The van der Waals surface area contributed by atoms with Gasteiger partial charge >= 0.3 is 0 Å². The van der Waals surface area contributed by atoms with Crippen molar-refractivity contribution in [3.8, 4) is 0 Å². The molecule has 1 heteroatoms. The van der Waals surface area contributed by atoms with E-state index in [0.29, 0.717) is 12.2 Å². The van der Waals surface area contributed by atoms with Gasteiger partial charge in [0.1, 0.15) is 0 Å². The number of epoxide rings is 1. The Morgan fingerprint density at radius 1 is 1.00 bits per heavy atom. The number of hydrogen-bond donors (Lipinski definition) is 0. The van der Waals surface area contributed by atoms with Gasteiger partial charge in [0.25, 0.3) is 0 Å². The number of ether oxygens (including phenoxy) is 1. The van der Waals surface area contributed by atoms with E-state index >= 15 is 0 Å². The summed E-state index contributed by atoms with van der Waals surface area (Å²) in [6.07, 6.45) is 9.46. The molecule has 0 bridgehead atoms. The van der Waals surface area contributed by atoms with Crippen molar-refractivity contribution in [3.63, 3.8) is 0 Å². The van der Waals surface area contributed by atoms with Gasteiger partial charge in [0, 0.05) is 0 Å². The molecular weight excluding hydrogens is 160 g/mol. The van der Waals surface area contributed by atoms with Crippen LogP contribution in [0.5, 0.6) is 0 Å². The Morgan fingerprint density at radius 3 is 2.15 bits per heavy atom. The summed E-state index contributed by atoms with van der Waals surface area (Å²) in [5.74, 6) is 0.980. The van der Waals surface area contributed by atoms with Gasteiger partial charge in [-0.05, 0) is 25.2 Å². The lowest BCUT2D eigenvalue weighted by Crippen LogP contribution is -2.11. The molecule has 0 aromatic rings. The fourth-order valence-corrected chi connectivity index (χ4v) is 1.86. The van der Waals surface area contributed by atoms with Crippen LogP contribution in [-0.2, 0) is 4.74 Å². The van der Waals surface area contributed by atoms with Crippen molar-refractivity contribution in [2.75, 3.05) is 0 Å². The van der Waals surface area contributed by atoms with Crippen LogP contribution in [0.1, 0.15) is 59.3 Å². The maximum absolute atomic E-state index is 5.41. The molecule has 2 fully saturated rings. The van der Waals surface area contributed by atoms with Gasteiger partial charge in [-0.25, -0.2) is 0 Å². The van der Waals surface area contributed by atoms with Crippen LogP contribution >= 0.6 is 0 Å². The summed E-state index contributed by atoms with van der Waals surface area (Å²) < 4.78 is 5.41. The molecule has 78 valence electrons. The maximum Gasteiger partial charge on any atom is 0.0844 e. The number of hydrogen-bond acceptors (Lipinski definition) is 1. The minimum Gasteiger partial charge on any atom is -0.370 e. The summed E-state index contributed by atoms with van der Waals surface area (Å²) >= 11 is 0. The fraction of sp³-hybridized carbons (Fsp3) is 1.00. The Bertz CT molecular complexity index is 131. The van der Waals surface area contributed by atoms with Gasteiger partial charge in [0.2, 0.25) is 0 Å². The zero-order valence-electron chi connectivity index (χ0n) is 9.38. The monoisotopic (exact) mass is 184 g/mol. The van der Waals surface area contributed by atoms with E-state index in [-0.39, 0.29) is 0 Å². The topological polar surface area (TPSA) is 12.5 Å². The zero-order valence-corrected chi connectivity index (χ0v) is 9.38. The molecule has 13 heavy (non-hydrogen) atoms. The van der Waals surface area contributed by atoms with Gasteiger partial charge in [-0.3, -0.25) is 0 Å². The summed E-state index contributed by atoms with van der Waals surface area (Å²) in [6.45, 7) is 6.65. The Balaban J connectivity index is 0.000000184. The minimum absolute atomic E-state index is 0.684. The minimum atomic E-state index is 0.684. The van der Waals surface area contributed by atoms with Gasteiger partial charge in [-0.1, -0.05) is 40.0 Å². The van der Waals surface area contributed by atoms with Crippen LogP contribution in [0, 0.1) is 5.92 Å². The molecule has 1 saturated carbocycles. The Labute approximate surface area is 82.9 Å². The number of rotatable bonds is 2. The molecule has 2 rings (SSSR count). The van der Waals surface area contributed by atoms with Gasteiger partial charge in [-0.2, -0.15) is 0 Å². The summed E-state index contributed by atoms with van der Waals surface area (Å²) in [7, 11) is 0. The second-order valence-electron chi connectivity index (χ2n) is 4.30. The highest BCUT2D eigenvalue weighted by Gasteiger charge is 2.43. The predicted octanol–water partition coefficient (Wildman–Crippen LogP) is 3.77. The SMILES string of the molecule is CCC1CCC2OC2C1.CCCC. The molecule has 1 nitrogen and oxygen atoms in total. The highest BCUT2D eigenvalue weighted by Crippen LogP contribution is 2.40. The van der Waals surface area contributed by atoms with E-state index in [4.69, 9.17) is 4.74 Å². The molecule has 0 aromatic heterocycles. The van der Waals surface area contributed by atoms with E-state index < -0.39 is 0 Å². The summed E-state index contributed by atoms with van der Waals surface area (Å²) in [5.41, 5.74) is 0. The Hall–Kier alpha value is -0.0400. The van der Waals surface area contributed by atoms with Crippen LogP contribution in [0.2, 0.25) is 0 Å². The van der Waals surface area contributed by atoms with E-state index in [1.165, 1.54) is 38.5 Å². The maximum atomic E-state index is 5.41. The molecule has 0 N–H and O–H groups in total. The molecule has 0 spiro atoms. The van der Waals surface area contributed by atoms with Crippen LogP contribution in [0.4, 0.5) is 0 Å². The van der Waals surface area contributed by atoms with Crippen LogP contribution in [0.25, 0.3) is 0 Å². The quantitative estimate of drug-likeness (QED) is 0.595. The van der Waals surface area contributed by atoms with E-state index in [0.717, 1.165) is 5.92 Å². The molecule has 1 aliphatic heterocycles. The van der Waals surface area contributed by atoms with Crippen LogP contribution < -0.4 is 0 Å². The van der Waals surface area contributed by atoms with Crippen LogP contribution in [0.15, 0.2) is 0 Å². The molecule has 3 unspecified atom stereocenters. The molecule has 0 radical (unpaired) electrons. The Morgan fingerprint density at radius 2 is 1.69 bits per heavy atom. The first-order valence-corrected chi connectivity index (χ1v) is 5.97. The fourth-order valence-electron chi connectivity index (χ4n) is 1.86. The zero-order chi connectivity index (χ0) is 9.68. The highest BCUT2D eigenvalue weighted by molar-refractivity contribution is 4.91. The second-order valence-corrected chi connectivity index (χ2v) is 4.30. The van der Waals surface area contributed by atoms with Crippen molar-refractivity contribution in [1.29, 1.82) is 0 Å². The normalized spacial score (nSPS) is 35.8. The van der Waals surface area contributed by atoms with Crippen molar-refractivity contribution in [2.24, 2.45) is 5.92 Å². The lowest BCUT2D eigenvalue weighted by Gasteiger charge is -2.15. The average molecular weight is 184 g/mol. The third-order valence-electron chi connectivity index (χ3n) is 3.19. The summed E-state index contributed by atoms with van der Waals surface area (Å²) in [6, 6.07) is 0. The van der Waals surface area contributed by atoms with Gasteiger partial charge in [0.05, 0.1) is 12.2 Å². The van der Waals surface area contributed by atoms with Crippen LogP contribution in [0.3, 0.4) is 0 Å². The summed E-state index contributed by atoms with van der Waals surface area (Å²) in [5, 5.41) is 0. The lowest BCUT2D eigenvalue weighted by molar-refractivity contribution is 0.357.